The van der Waals surface area contributed by atoms with Gasteiger partial charge in [-0.15, -0.1) is 0 Å². The summed E-state index contributed by atoms with van der Waals surface area (Å²) in [6, 6.07) is 19.3. The summed E-state index contributed by atoms with van der Waals surface area (Å²) in [7, 11) is 0. The third-order valence-corrected chi connectivity index (χ3v) is 5.99. The predicted octanol–water partition coefficient (Wildman–Crippen LogP) is 5.69. The number of hydrogen-bond acceptors (Lipinski definition) is 4. The van der Waals surface area contributed by atoms with Gasteiger partial charge >= 0.3 is 0 Å². The first-order valence-electron chi connectivity index (χ1n) is 9.96. The quantitative estimate of drug-likeness (QED) is 0.260. The SMILES string of the molecule is CC(=O)Nc1ccc(N2C(=O)C(=O)C(=C(O)c3ccc(Cl)cc3)[C@H]2c2ccc(Br)cc2)cc1. The van der Waals surface area contributed by atoms with Crippen molar-refractivity contribution in [1.82, 2.24) is 0 Å². The fourth-order valence-electron chi connectivity index (χ4n) is 3.73. The minimum Gasteiger partial charge on any atom is -0.507 e. The molecule has 2 amide bonds. The Morgan fingerprint density at radius 1 is 0.970 bits per heavy atom. The van der Waals surface area contributed by atoms with Crippen molar-refractivity contribution in [2.45, 2.75) is 13.0 Å². The van der Waals surface area contributed by atoms with Gasteiger partial charge in [-0.05, 0) is 66.2 Å². The van der Waals surface area contributed by atoms with Crippen molar-refractivity contribution >= 4 is 62.3 Å². The van der Waals surface area contributed by atoms with E-state index in [0.29, 0.717) is 27.5 Å². The Labute approximate surface area is 203 Å². The molecule has 0 radical (unpaired) electrons. The molecule has 1 aliphatic heterocycles. The van der Waals surface area contributed by atoms with E-state index in [4.69, 9.17) is 11.6 Å². The molecule has 0 aromatic heterocycles. The third kappa shape index (κ3) is 4.55. The molecule has 0 bridgehead atoms. The fourth-order valence-corrected chi connectivity index (χ4v) is 4.12. The van der Waals surface area contributed by atoms with Crippen LogP contribution in [0.2, 0.25) is 5.02 Å². The van der Waals surface area contributed by atoms with Crippen LogP contribution in [-0.4, -0.2) is 22.7 Å². The van der Waals surface area contributed by atoms with Crippen LogP contribution in [0, 0.1) is 0 Å². The molecule has 0 unspecified atom stereocenters. The standard InChI is InChI=1S/C25H18BrClN2O4/c1-14(30)28-19-10-12-20(13-11-19)29-22(15-2-6-17(26)7-3-15)21(24(32)25(29)33)23(31)16-4-8-18(27)9-5-16/h2-13,22,31H,1H3,(H,28,30)/t22-/m1/s1. The normalized spacial score (nSPS) is 17.3. The Bertz CT molecular complexity index is 1270. The number of nitrogens with zero attached hydrogens (tertiary/aromatic N) is 1. The number of Topliss-reactive ketones (excluding diaryl/α,β-unsaturated/α-hetero) is 1. The molecule has 1 saturated heterocycles. The lowest BCUT2D eigenvalue weighted by molar-refractivity contribution is -0.132. The second-order valence-electron chi connectivity index (χ2n) is 7.46. The van der Waals surface area contributed by atoms with E-state index in [1.165, 1.54) is 11.8 Å². The number of aliphatic hydroxyl groups excluding tert-OH is 1. The smallest absolute Gasteiger partial charge is 0.300 e. The van der Waals surface area contributed by atoms with Crippen LogP contribution in [0.3, 0.4) is 0 Å². The Hall–Kier alpha value is -3.42. The van der Waals surface area contributed by atoms with Gasteiger partial charge < -0.3 is 10.4 Å². The van der Waals surface area contributed by atoms with Crippen molar-refractivity contribution in [3.05, 3.63) is 99.0 Å². The average molecular weight is 526 g/mol. The molecule has 1 fully saturated rings. The number of rotatable bonds is 4. The van der Waals surface area contributed by atoms with Gasteiger partial charge in [0.25, 0.3) is 11.7 Å². The maximum atomic E-state index is 13.2. The molecule has 6 nitrogen and oxygen atoms in total. The van der Waals surface area contributed by atoms with Gasteiger partial charge in [0.15, 0.2) is 0 Å². The van der Waals surface area contributed by atoms with Crippen LogP contribution in [0.15, 0.2) is 82.8 Å². The highest BCUT2D eigenvalue weighted by Gasteiger charge is 2.46. The van der Waals surface area contributed by atoms with Crippen LogP contribution in [0.1, 0.15) is 24.1 Å². The highest BCUT2D eigenvalue weighted by atomic mass is 79.9. The zero-order valence-electron chi connectivity index (χ0n) is 17.4. The molecule has 8 heteroatoms. The largest absolute Gasteiger partial charge is 0.507 e. The number of amides is 2. The number of anilines is 2. The summed E-state index contributed by atoms with van der Waals surface area (Å²) in [6.07, 6.45) is 0. The van der Waals surface area contributed by atoms with E-state index in [1.54, 1.807) is 72.8 Å². The minimum atomic E-state index is -0.847. The molecule has 33 heavy (non-hydrogen) atoms. The summed E-state index contributed by atoms with van der Waals surface area (Å²) < 4.78 is 0.834. The van der Waals surface area contributed by atoms with E-state index in [9.17, 15) is 19.5 Å². The molecule has 2 N–H and O–H groups in total. The number of aliphatic hydroxyl groups is 1. The second-order valence-corrected chi connectivity index (χ2v) is 8.81. The zero-order chi connectivity index (χ0) is 23.7. The summed E-state index contributed by atoms with van der Waals surface area (Å²) in [5.74, 6) is -2.05. The first-order valence-corrected chi connectivity index (χ1v) is 11.1. The molecular formula is C25H18BrClN2O4. The van der Waals surface area contributed by atoms with Gasteiger partial charge in [-0.2, -0.15) is 0 Å². The average Bonchev–Trinajstić information content (AvgIpc) is 3.05. The monoisotopic (exact) mass is 524 g/mol. The summed E-state index contributed by atoms with van der Waals surface area (Å²) in [4.78, 5) is 39.0. The Balaban J connectivity index is 1.87. The van der Waals surface area contributed by atoms with Gasteiger partial charge in [0.1, 0.15) is 5.76 Å². The van der Waals surface area contributed by atoms with Crippen LogP contribution in [0.4, 0.5) is 11.4 Å². The summed E-state index contributed by atoms with van der Waals surface area (Å²) >= 11 is 9.35. The van der Waals surface area contributed by atoms with Gasteiger partial charge in [0, 0.05) is 33.4 Å². The maximum Gasteiger partial charge on any atom is 0.300 e. The van der Waals surface area contributed by atoms with Crippen molar-refractivity contribution in [2.24, 2.45) is 0 Å². The highest BCUT2D eigenvalue weighted by molar-refractivity contribution is 9.10. The van der Waals surface area contributed by atoms with Crippen molar-refractivity contribution in [3.8, 4) is 0 Å². The lowest BCUT2D eigenvalue weighted by atomic mass is 9.95. The van der Waals surface area contributed by atoms with E-state index in [0.717, 1.165) is 4.47 Å². The van der Waals surface area contributed by atoms with E-state index in [1.807, 2.05) is 0 Å². The third-order valence-electron chi connectivity index (χ3n) is 5.21. The number of hydrogen-bond donors (Lipinski definition) is 2. The molecule has 3 aromatic carbocycles. The van der Waals surface area contributed by atoms with Gasteiger partial charge in [0.05, 0.1) is 11.6 Å². The number of carbonyl (C=O) groups is 3. The van der Waals surface area contributed by atoms with Crippen LogP contribution in [0.25, 0.3) is 5.76 Å². The van der Waals surface area contributed by atoms with Crippen molar-refractivity contribution in [3.63, 3.8) is 0 Å². The molecule has 0 aliphatic carbocycles. The number of ketones is 1. The second kappa shape index (κ2) is 9.21. The zero-order valence-corrected chi connectivity index (χ0v) is 19.7. The first kappa shape index (κ1) is 22.8. The molecule has 1 aliphatic rings. The molecule has 166 valence electrons. The van der Waals surface area contributed by atoms with Gasteiger partial charge in [-0.25, -0.2) is 0 Å². The van der Waals surface area contributed by atoms with Crippen LogP contribution in [-0.2, 0) is 14.4 Å². The summed E-state index contributed by atoms with van der Waals surface area (Å²) in [5, 5.41) is 14.2. The molecule has 1 heterocycles. The number of carbonyl (C=O) groups excluding carboxylic acids is 3. The van der Waals surface area contributed by atoms with Crippen molar-refractivity contribution < 1.29 is 19.5 Å². The highest BCUT2D eigenvalue weighted by Crippen LogP contribution is 2.42. The molecule has 1 atom stereocenters. The molecule has 4 rings (SSSR count). The molecule has 0 spiro atoms. The lowest BCUT2D eigenvalue weighted by Crippen LogP contribution is -2.29. The molecule has 0 saturated carbocycles. The Kier molecular flexibility index (Phi) is 6.35. The van der Waals surface area contributed by atoms with E-state index in [-0.39, 0.29) is 17.2 Å². The van der Waals surface area contributed by atoms with Crippen LogP contribution >= 0.6 is 27.5 Å². The topological polar surface area (TPSA) is 86.7 Å². The van der Waals surface area contributed by atoms with Crippen LogP contribution in [0.5, 0.6) is 0 Å². The van der Waals surface area contributed by atoms with Gasteiger partial charge in [-0.3, -0.25) is 19.3 Å². The maximum absolute atomic E-state index is 13.2. The summed E-state index contributed by atoms with van der Waals surface area (Å²) in [6.45, 7) is 1.40. The van der Waals surface area contributed by atoms with Crippen molar-refractivity contribution in [2.75, 3.05) is 10.2 Å². The number of halogens is 2. The van der Waals surface area contributed by atoms with Gasteiger partial charge in [0.2, 0.25) is 5.91 Å². The Morgan fingerprint density at radius 3 is 2.15 bits per heavy atom. The first-order chi connectivity index (χ1) is 15.8. The summed E-state index contributed by atoms with van der Waals surface area (Å²) in [5.41, 5.74) is 2.02. The van der Waals surface area contributed by atoms with E-state index < -0.39 is 17.7 Å². The molecule has 3 aromatic rings. The predicted molar refractivity (Wildman–Crippen MR) is 131 cm³/mol. The number of benzene rings is 3. The lowest BCUT2D eigenvalue weighted by Gasteiger charge is -2.25. The van der Waals surface area contributed by atoms with E-state index in [2.05, 4.69) is 21.2 Å². The van der Waals surface area contributed by atoms with Crippen molar-refractivity contribution in [1.29, 1.82) is 0 Å². The van der Waals surface area contributed by atoms with Crippen LogP contribution < -0.4 is 10.2 Å². The fraction of sp³-hybridized carbons (Fsp3) is 0.0800. The van der Waals surface area contributed by atoms with E-state index >= 15 is 0 Å². The molecular weight excluding hydrogens is 508 g/mol. The van der Waals surface area contributed by atoms with Gasteiger partial charge in [-0.1, -0.05) is 39.7 Å². The Morgan fingerprint density at radius 2 is 1.58 bits per heavy atom. The number of nitrogens with one attached hydrogen (secondary N) is 1. The minimum absolute atomic E-state index is 0.0180.